The Morgan fingerprint density at radius 2 is 1.88 bits per heavy atom. The van der Waals surface area contributed by atoms with Crippen LogP contribution in [0, 0.1) is 0 Å². The van der Waals surface area contributed by atoms with E-state index in [2.05, 4.69) is 15.9 Å². The zero-order chi connectivity index (χ0) is 12.5. The van der Waals surface area contributed by atoms with Gasteiger partial charge in [0.1, 0.15) is 5.25 Å². The van der Waals surface area contributed by atoms with Crippen molar-refractivity contribution in [3.8, 4) is 0 Å². The van der Waals surface area contributed by atoms with E-state index in [1.54, 1.807) is 24.3 Å². The van der Waals surface area contributed by atoms with E-state index in [1.165, 1.54) is 0 Å². The first-order valence-corrected chi connectivity index (χ1v) is 7.88. The van der Waals surface area contributed by atoms with Crippen LogP contribution in [0.25, 0.3) is 0 Å². The van der Waals surface area contributed by atoms with Gasteiger partial charge in [-0.1, -0.05) is 18.6 Å². The predicted molar refractivity (Wildman–Crippen MR) is 68.6 cm³/mol. The number of rotatable bonds is 2. The monoisotopic (exact) mass is 316 g/mol. The average molecular weight is 317 g/mol. The van der Waals surface area contributed by atoms with E-state index in [0.717, 1.165) is 12.8 Å². The molecule has 1 aliphatic rings. The van der Waals surface area contributed by atoms with Crippen LogP contribution in [-0.4, -0.2) is 19.5 Å². The number of ketones is 1. The number of benzene rings is 1. The molecule has 0 aromatic heterocycles. The molecule has 1 fully saturated rings. The van der Waals surface area contributed by atoms with Crippen molar-refractivity contribution in [1.29, 1.82) is 0 Å². The van der Waals surface area contributed by atoms with Crippen molar-refractivity contribution in [3.63, 3.8) is 0 Å². The van der Waals surface area contributed by atoms with Crippen molar-refractivity contribution in [3.05, 3.63) is 28.7 Å². The molecule has 0 radical (unpaired) electrons. The van der Waals surface area contributed by atoms with Crippen LogP contribution in [0.4, 0.5) is 0 Å². The maximum Gasteiger partial charge on any atom is 0.189 e. The Hall–Kier alpha value is -0.680. The second-order valence-corrected chi connectivity index (χ2v) is 7.13. The average Bonchev–Trinajstić information content (AvgIpc) is 2.29. The molecule has 1 aliphatic carbocycles. The maximum atomic E-state index is 12.4. The van der Waals surface area contributed by atoms with Gasteiger partial charge in [0, 0.05) is 10.9 Å². The summed E-state index contributed by atoms with van der Waals surface area (Å²) in [5.74, 6) is -0.146. The number of sulfone groups is 1. The Labute approximate surface area is 109 Å². The number of carbonyl (C=O) groups is 1. The highest BCUT2D eigenvalue weighted by Gasteiger charge is 2.36. The van der Waals surface area contributed by atoms with Crippen molar-refractivity contribution < 1.29 is 13.2 Å². The van der Waals surface area contributed by atoms with Crippen LogP contribution in [0.1, 0.15) is 25.7 Å². The van der Waals surface area contributed by atoms with E-state index in [0.29, 0.717) is 17.3 Å². The number of hydrogen-bond donors (Lipinski definition) is 0. The second-order valence-electron chi connectivity index (χ2n) is 4.18. The first-order chi connectivity index (χ1) is 8.03. The zero-order valence-electron chi connectivity index (χ0n) is 9.23. The molecule has 17 heavy (non-hydrogen) atoms. The summed E-state index contributed by atoms with van der Waals surface area (Å²) < 4.78 is 25.3. The molecule has 5 heteroatoms. The number of halogens is 1. The quantitative estimate of drug-likeness (QED) is 0.843. The molecule has 0 bridgehead atoms. The summed E-state index contributed by atoms with van der Waals surface area (Å²) >= 11 is 3.23. The topological polar surface area (TPSA) is 51.2 Å². The minimum Gasteiger partial charge on any atom is -0.298 e. The van der Waals surface area contributed by atoms with E-state index in [9.17, 15) is 13.2 Å². The Morgan fingerprint density at radius 1 is 1.18 bits per heavy atom. The number of Topliss-reactive ketones (excluding diaryl/α,β-unsaturated/α-hetero) is 1. The molecule has 1 atom stereocenters. The Bertz CT molecular complexity index is 536. The fourth-order valence-electron chi connectivity index (χ4n) is 2.11. The lowest BCUT2D eigenvalue weighted by atomic mass is 9.99. The largest absolute Gasteiger partial charge is 0.298 e. The van der Waals surface area contributed by atoms with Crippen LogP contribution < -0.4 is 0 Å². The fourth-order valence-corrected chi connectivity index (χ4v) is 4.93. The lowest BCUT2D eigenvalue weighted by Gasteiger charge is -2.21. The molecule has 0 N–H and O–H groups in total. The van der Waals surface area contributed by atoms with Crippen LogP contribution in [0.3, 0.4) is 0 Å². The molecule has 3 nitrogen and oxygen atoms in total. The van der Waals surface area contributed by atoms with Gasteiger partial charge in [-0.15, -0.1) is 0 Å². The summed E-state index contributed by atoms with van der Waals surface area (Å²) in [5.41, 5.74) is 0. The van der Waals surface area contributed by atoms with Crippen LogP contribution in [0.2, 0.25) is 0 Å². The van der Waals surface area contributed by atoms with E-state index < -0.39 is 15.1 Å². The molecule has 1 aromatic rings. The normalized spacial score (nSPS) is 21.5. The first kappa shape index (κ1) is 12.8. The summed E-state index contributed by atoms with van der Waals surface area (Å²) in [7, 11) is -3.54. The van der Waals surface area contributed by atoms with Gasteiger partial charge >= 0.3 is 0 Å². The minimum absolute atomic E-state index is 0.146. The third-order valence-electron chi connectivity index (χ3n) is 3.02. The van der Waals surface area contributed by atoms with E-state index in [-0.39, 0.29) is 10.7 Å². The molecule has 1 aromatic carbocycles. The van der Waals surface area contributed by atoms with Crippen molar-refractivity contribution in [2.75, 3.05) is 0 Å². The molecular formula is C12H13BrO3S. The fraction of sp³-hybridized carbons (Fsp3) is 0.417. The predicted octanol–water partition coefficient (Wildman–Crippen LogP) is 2.73. The van der Waals surface area contributed by atoms with Gasteiger partial charge in [0.05, 0.1) is 4.90 Å². The number of carbonyl (C=O) groups excluding carboxylic acids is 1. The lowest BCUT2D eigenvalue weighted by molar-refractivity contribution is -0.119. The van der Waals surface area contributed by atoms with Gasteiger partial charge in [0.2, 0.25) is 0 Å². The first-order valence-electron chi connectivity index (χ1n) is 5.54. The van der Waals surface area contributed by atoms with Crippen LogP contribution in [0.5, 0.6) is 0 Å². The highest BCUT2D eigenvalue weighted by molar-refractivity contribution is 9.10. The van der Waals surface area contributed by atoms with Gasteiger partial charge in [0.25, 0.3) is 0 Å². The molecule has 0 saturated heterocycles. The Balaban J connectivity index is 2.43. The molecular weight excluding hydrogens is 304 g/mol. The third-order valence-corrected chi connectivity index (χ3v) is 6.19. The van der Waals surface area contributed by atoms with E-state index in [1.807, 2.05) is 0 Å². The molecule has 0 heterocycles. The second kappa shape index (κ2) is 4.90. The molecule has 92 valence electrons. The SMILES string of the molecule is O=C1CCCCC1S(=O)(=O)c1ccccc1Br. The Morgan fingerprint density at radius 3 is 2.53 bits per heavy atom. The van der Waals surface area contributed by atoms with Gasteiger partial charge < -0.3 is 0 Å². The highest BCUT2D eigenvalue weighted by Crippen LogP contribution is 2.30. The van der Waals surface area contributed by atoms with E-state index >= 15 is 0 Å². The molecule has 1 saturated carbocycles. The van der Waals surface area contributed by atoms with Crippen molar-refractivity contribution in [1.82, 2.24) is 0 Å². The van der Waals surface area contributed by atoms with E-state index in [4.69, 9.17) is 0 Å². The maximum absolute atomic E-state index is 12.4. The molecule has 0 amide bonds. The lowest BCUT2D eigenvalue weighted by Crippen LogP contribution is -2.33. The van der Waals surface area contributed by atoms with Crippen molar-refractivity contribution in [2.45, 2.75) is 35.8 Å². The van der Waals surface area contributed by atoms with Crippen LogP contribution in [-0.2, 0) is 14.6 Å². The zero-order valence-corrected chi connectivity index (χ0v) is 11.6. The smallest absolute Gasteiger partial charge is 0.189 e. The summed E-state index contributed by atoms with van der Waals surface area (Å²) in [6, 6.07) is 6.65. The van der Waals surface area contributed by atoms with Crippen LogP contribution in [0.15, 0.2) is 33.6 Å². The van der Waals surface area contributed by atoms with Crippen molar-refractivity contribution in [2.24, 2.45) is 0 Å². The van der Waals surface area contributed by atoms with Gasteiger partial charge in [-0.05, 0) is 40.9 Å². The Kier molecular flexibility index (Phi) is 3.68. The summed E-state index contributed by atoms with van der Waals surface area (Å²) in [4.78, 5) is 12.0. The highest BCUT2D eigenvalue weighted by atomic mass is 79.9. The molecule has 1 unspecified atom stereocenters. The minimum atomic E-state index is -3.54. The molecule has 0 aliphatic heterocycles. The summed E-state index contributed by atoms with van der Waals surface area (Å²) in [6.45, 7) is 0. The van der Waals surface area contributed by atoms with Gasteiger partial charge in [-0.2, -0.15) is 0 Å². The van der Waals surface area contributed by atoms with Crippen molar-refractivity contribution >= 4 is 31.6 Å². The standard InChI is InChI=1S/C12H13BrO3S/c13-9-5-1-3-7-11(9)17(15,16)12-8-4-2-6-10(12)14/h1,3,5,7,12H,2,4,6,8H2. The number of hydrogen-bond acceptors (Lipinski definition) is 3. The van der Waals surface area contributed by atoms with Gasteiger partial charge in [-0.3, -0.25) is 4.79 Å². The molecule has 2 rings (SSSR count). The van der Waals surface area contributed by atoms with Gasteiger partial charge in [-0.25, -0.2) is 8.42 Å². The van der Waals surface area contributed by atoms with Crippen LogP contribution >= 0.6 is 15.9 Å². The third kappa shape index (κ3) is 2.45. The summed E-state index contributed by atoms with van der Waals surface area (Å²) in [6.07, 6.45) is 2.44. The molecule has 0 spiro atoms. The van der Waals surface area contributed by atoms with Gasteiger partial charge in [0.15, 0.2) is 15.6 Å². The summed E-state index contributed by atoms with van der Waals surface area (Å²) in [5, 5.41) is -0.852.